The average Bonchev–Trinajstić information content (AvgIpc) is 3.05. The fraction of sp³-hybridized carbons (Fsp3) is 0.333. The highest BCUT2D eigenvalue weighted by molar-refractivity contribution is 7.16. The zero-order valence-electron chi connectivity index (χ0n) is 13.5. The van der Waals surface area contributed by atoms with E-state index in [1.807, 2.05) is 11.4 Å². The molecule has 0 atom stereocenters. The number of rotatable bonds is 3. The smallest absolute Gasteiger partial charge is 0.225 e. The van der Waals surface area contributed by atoms with Crippen molar-refractivity contribution in [3.05, 3.63) is 41.0 Å². The highest BCUT2D eigenvalue weighted by Gasteiger charge is 2.16. The van der Waals surface area contributed by atoms with Crippen molar-refractivity contribution < 1.29 is 0 Å². The monoisotopic (exact) mass is 358 g/mol. The summed E-state index contributed by atoms with van der Waals surface area (Å²) in [7, 11) is 0. The molecule has 4 nitrogen and oxygen atoms in total. The maximum absolute atomic E-state index is 6.02. The van der Waals surface area contributed by atoms with Crippen LogP contribution < -0.4 is 10.2 Å². The maximum Gasteiger partial charge on any atom is 0.225 e. The lowest BCUT2D eigenvalue weighted by Gasteiger charge is -2.32. The zero-order valence-corrected chi connectivity index (χ0v) is 15.1. The van der Waals surface area contributed by atoms with E-state index in [9.17, 15) is 0 Å². The first-order valence-electron chi connectivity index (χ1n) is 8.22. The molecule has 0 bridgehead atoms. The normalized spacial score (nSPS) is 15.8. The van der Waals surface area contributed by atoms with E-state index in [0.29, 0.717) is 0 Å². The van der Waals surface area contributed by atoms with Crippen molar-refractivity contribution in [3.63, 3.8) is 0 Å². The van der Waals surface area contributed by atoms with E-state index in [1.54, 1.807) is 11.3 Å². The van der Waals surface area contributed by atoms with Gasteiger partial charge in [0.05, 0.1) is 5.39 Å². The number of benzene rings is 1. The van der Waals surface area contributed by atoms with Gasteiger partial charge in [0, 0.05) is 24.5 Å². The van der Waals surface area contributed by atoms with E-state index < -0.39 is 0 Å². The van der Waals surface area contributed by atoms with E-state index in [2.05, 4.69) is 51.4 Å². The van der Waals surface area contributed by atoms with Crippen LogP contribution in [0, 0.1) is 5.92 Å². The van der Waals surface area contributed by atoms with Crippen LogP contribution in [-0.2, 0) is 0 Å². The predicted octanol–water partition coefficient (Wildman–Crippen LogP) is 5.32. The molecular weight excluding hydrogens is 340 g/mol. The highest BCUT2D eigenvalue weighted by Crippen LogP contribution is 2.30. The third kappa shape index (κ3) is 3.19. The third-order valence-electron chi connectivity index (χ3n) is 4.58. The third-order valence-corrected chi connectivity index (χ3v) is 5.55. The fourth-order valence-corrected chi connectivity index (χ4v) is 4.07. The van der Waals surface area contributed by atoms with Crippen molar-refractivity contribution in [2.75, 3.05) is 23.3 Å². The Bertz CT molecular complexity index is 838. The minimum Gasteiger partial charge on any atom is -0.372 e. The Morgan fingerprint density at radius 1 is 1.12 bits per heavy atom. The van der Waals surface area contributed by atoms with Crippen molar-refractivity contribution in [2.24, 2.45) is 5.92 Å². The van der Waals surface area contributed by atoms with E-state index in [-0.39, 0.29) is 5.28 Å². The number of piperidine rings is 1. The molecule has 0 unspecified atom stereocenters. The minimum atomic E-state index is 0.270. The predicted molar refractivity (Wildman–Crippen MR) is 103 cm³/mol. The lowest BCUT2D eigenvalue weighted by Crippen LogP contribution is -2.32. The summed E-state index contributed by atoms with van der Waals surface area (Å²) in [5.41, 5.74) is 2.29. The number of nitrogens with one attached hydrogen (secondary N) is 1. The molecule has 4 rings (SSSR count). The fourth-order valence-electron chi connectivity index (χ4n) is 3.08. The van der Waals surface area contributed by atoms with Crippen LogP contribution in [0.2, 0.25) is 5.28 Å². The van der Waals surface area contributed by atoms with Crippen LogP contribution in [0.25, 0.3) is 10.2 Å². The number of hydrogen-bond donors (Lipinski definition) is 1. The number of anilines is 3. The Labute approximate surface area is 150 Å². The van der Waals surface area contributed by atoms with Gasteiger partial charge in [-0.15, -0.1) is 11.3 Å². The topological polar surface area (TPSA) is 41.0 Å². The van der Waals surface area contributed by atoms with Gasteiger partial charge in [0.1, 0.15) is 10.6 Å². The standard InChI is InChI=1S/C18H19ClN4S/c1-12-6-9-23(10-7-12)14-4-2-13(3-5-14)20-16-15-8-11-24-17(15)22-18(19)21-16/h2-5,8,11-12H,6-7,9-10H2,1H3,(H,20,21,22). The second-order valence-electron chi connectivity index (χ2n) is 6.32. The first-order valence-corrected chi connectivity index (χ1v) is 9.47. The molecule has 1 saturated heterocycles. The number of fused-ring (bicyclic) bond motifs is 1. The van der Waals surface area contributed by atoms with Crippen LogP contribution in [0.15, 0.2) is 35.7 Å². The SMILES string of the molecule is CC1CCN(c2ccc(Nc3nc(Cl)nc4sccc34)cc2)CC1. The van der Waals surface area contributed by atoms with Gasteiger partial charge in [0.25, 0.3) is 0 Å². The zero-order chi connectivity index (χ0) is 16.5. The molecule has 3 heterocycles. The number of thiophene rings is 1. The molecule has 0 spiro atoms. The van der Waals surface area contributed by atoms with Crippen LogP contribution in [-0.4, -0.2) is 23.1 Å². The minimum absolute atomic E-state index is 0.270. The van der Waals surface area contributed by atoms with Crippen molar-refractivity contribution in [1.29, 1.82) is 0 Å². The molecule has 3 aromatic rings. The van der Waals surface area contributed by atoms with Gasteiger partial charge < -0.3 is 10.2 Å². The van der Waals surface area contributed by atoms with Crippen LogP contribution in [0.1, 0.15) is 19.8 Å². The summed E-state index contributed by atoms with van der Waals surface area (Å²) in [6.07, 6.45) is 2.55. The summed E-state index contributed by atoms with van der Waals surface area (Å²) >= 11 is 7.59. The highest BCUT2D eigenvalue weighted by atomic mass is 35.5. The summed E-state index contributed by atoms with van der Waals surface area (Å²) in [5.74, 6) is 1.60. The van der Waals surface area contributed by atoms with Crippen molar-refractivity contribution >= 4 is 50.3 Å². The van der Waals surface area contributed by atoms with Gasteiger partial charge in [-0.2, -0.15) is 4.98 Å². The first kappa shape index (κ1) is 15.7. The van der Waals surface area contributed by atoms with Gasteiger partial charge >= 0.3 is 0 Å². The maximum atomic E-state index is 6.02. The molecule has 124 valence electrons. The Balaban J connectivity index is 1.54. The molecule has 24 heavy (non-hydrogen) atoms. The average molecular weight is 359 g/mol. The first-order chi connectivity index (χ1) is 11.7. The molecule has 6 heteroatoms. The lowest BCUT2D eigenvalue weighted by molar-refractivity contribution is 0.438. The Kier molecular flexibility index (Phi) is 4.29. The summed E-state index contributed by atoms with van der Waals surface area (Å²) in [6, 6.07) is 10.6. The van der Waals surface area contributed by atoms with Gasteiger partial charge in [-0.1, -0.05) is 6.92 Å². The summed E-state index contributed by atoms with van der Waals surface area (Å²) in [6.45, 7) is 4.62. The van der Waals surface area contributed by atoms with Crippen LogP contribution in [0.4, 0.5) is 17.2 Å². The molecule has 2 aromatic heterocycles. The van der Waals surface area contributed by atoms with E-state index in [0.717, 1.165) is 40.7 Å². The van der Waals surface area contributed by atoms with Gasteiger partial charge in [0.15, 0.2) is 0 Å². The molecule has 0 amide bonds. The van der Waals surface area contributed by atoms with Gasteiger partial charge in [0.2, 0.25) is 5.28 Å². The second kappa shape index (κ2) is 6.57. The number of hydrogen-bond acceptors (Lipinski definition) is 5. The number of nitrogens with zero attached hydrogens (tertiary/aromatic N) is 3. The Morgan fingerprint density at radius 3 is 2.62 bits per heavy atom. The summed E-state index contributed by atoms with van der Waals surface area (Å²) in [5, 5.41) is 6.63. The van der Waals surface area contributed by atoms with Crippen LogP contribution in [0.5, 0.6) is 0 Å². The molecular formula is C18H19ClN4S. The summed E-state index contributed by atoms with van der Waals surface area (Å²) in [4.78, 5) is 11.9. The molecule has 1 aliphatic heterocycles. The van der Waals surface area contributed by atoms with E-state index in [1.165, 1.54) is 18.5 Å². The van der Waals surface area contributed by atoms with Gasteiger partial charge in [-0.05, 0) is 66.1 Å². The van der Waals surface area contributed by atoms with Crippen molar-refractivity contribution in [3.8, 4) is 0 Å². The molecule has 1 N–H and O–H groups in total. The van der Waals surface area contributed by atoms with Gasteiger partial charge in [-0.25, -0.2) is 4.98 Å². The van der Waals surface area contributed by atoms with E-state index >= 15 is 0 Å². The second-order valence-corrected chi connectivity index (χ2v) is 7.55. The summed E-state index contributed by atoms with van der Waals surface area (Å²) < 4.78 is 0. The molecule has 0 radical (unpaired) electrons. The molecule has 0 aliphatic carbocycles. The lowest BCUT2D eigenvalue weighted by atomic mass is 9.99. The Hall–Kier alpha value is -1.85. The van der Waals surface area contributed by atoms with Crippen molar-refractivity contribution in [1.82, 2.24) is 9.97 Å². The van der Waals surface area contributed by atoms with E-state index in [4.69, 9.17) is 11.6 Å². The van der Waals surface area contributed by atoms with Crippen LogP contribution >= 0.6 is 22.9 Å². The largest absolute Gasteiger partial charge is 0.372 e. The molecule has 1 aliphatic rings. The molecule has 1 fully saturated rings. The number of aromatic nitrogens is 2. The molecule has 1 aromatic carbocycles. The number of halogens is 1. The van der Waals surface area contributed by atoms with Gasteiger partial charge in [-0.3, -0.25) is 0 Å². The van der Waals surface area contributed by atoms with Crippen molar-refractivity contribution in [2.45, 2.75) is 19.8 Å². The quantitative estimate of drug-likeness (QED) is 0.643. The Morgan fingerprint density at radius 2 is 1.88 bits per heavy atom. The van der Waals surface area contributed by atoms with Crippen LogP contribution in [0.3, 0.4) is 0 Å². The molecule has 0 saturated carbocycles.